The van der Waals surface area contributed by atoms with Gasteiger partial charge in [0.1, 0.15) is 5.92 Å². The molecule has 0 bridgehead atoms. The summed E-state index contributed by atoms with van der Waals surface area (Å²) in [5.74, 6) is -2.78. The standard InChI is InChI=1S/C7H10ClNO3/c1-4(8)3-9-6(10)5(2)7(11)12/h5H,1,3H2,2H3,(H,9,10)(H,11,12). The molecule has 0 aliphatic rings. The number of amides is 1. The van der Waals surface area contributed by atoms with Gasteiger partial charge in [0.15, 0.2) is 0 Å². The molecule has 1 amide bonds. The van der Waals surface area contributed by atoms with Gasteiger partial charge in [-0.05, 0) is 6.92 Å². The molecular formula is C7H10ClNO3. The maximum Gasteiger partial charge on any atom is 0.315 e. The van der Waals surface area contributed by atoms with Crippen LogP contribution in [-0.4, -0.2) is 23.5 Å². The third kappa shape index (κ3) is 3.98. The van der Waals surface area contributed by atoms with E-state index in [0.29, 0.717) is 0 Å². The summed E-state index contributed by atoms with van der Waals surface area (Å²) < 4.78 is 0. The number of hydrogen-bond acceptors (Lipinski definition) is 2. The van der Waals surface area contributed by atoms with E-state index in [2.05, 4.69) is 11.9 Å². The van der Waals surface area contributed by atoms with Crippen molar-refractivity contribution in [3.8, 4) is 0 Å². The van der Waals surface area contributed by atoms with Crippen molar-refractivity contribution >= 4 is 23.5 Å². The quantitative estimate of drug-likeness (QED) is 0.639. The Balaban J connectivity index is 3.88. The van der Waals surface area contributed by atoms with Crippen LogP contribution in [0.5, 0.6) is 0 Å². The zero-order valence-electron chi connectivity index (χ0n) is 6.63. The summed E-state index contributed by atoms with van der Waals surface area (Å²) in [5.41, 5.74) is 0. The highest BCUT2D eigenvalue weighted by Crippen LogP contribution is 1.97. The van der Waals surface area contributed by atoms with Gasteiger partial charge in [0.2, 0.25) is 5.91 Å². The molecular weight excluding hydrogens is 182 g/mol. The summed E-state index contributed by atoms with van der Waals surface area (Å²) >= 11 is 5.35. The van der Waals surface area contributed by atoms with Crippen molar-refractivity contribution in [1.82, 2.24) is 5.32 Å². The molecule has 5 heteroatoms. The van der Waals surface area contributed by atoms with Gasteiger partial charge >= 0.3 is 5.97 Å². The predicted octanol–water partition coefficient (Wildman–Crippen LogP) is 0.576. The van der Waals surface area contributed by atoms with E-state index in [1.54, 1.807) is 0 Å². The van der Waals surface area contributed by atoms with Gasteiger partial charge in [0, 0.05) is 5.03 Å². The van der Waals surface area contributed by atoms with Crippen LogP contribution in [0.3, 0.4) is 0 Å². The van der Waals surface area contributed by atoms with Gasteiger partial charge in [0.05, 0.1) is 6.54 Å². The first-order valence-electron chi connectivity index (χ1n) is 3.29. The van der Waals surface area contributed by atoms with Crippen LogP contribution < -0.4 is 5.32 Å². The lowest BCUT2D eigenvalue weighted by atomic mass is 10.2. The van der Waals surface area contributed by atoms with Crippen LogP contribution in [0.25, 0.3) is 0 Å². The Morgan fingerprint density at radius 3 is 2.50 bits per heavy atom. The summed E-state index contributed by atoms with van der Waals surface area (Å²) in [6.07, 6.45) is 0. The van der Waals surface area contributed by atoms with Crippen LogP contribution in [0.15, 0.2) is 11.6 Å². The minimum absolute atomic E-state index is 0.0952. The number of aliphatic carboxylic acids is 1. The van der Waals surface area contributed by atoms with Gasteiger partial charge < -0.3 is 10.4 Å². The van der Waals surface area contributed by atoms with Crippen LogP contribution in [0.2, 0.25) is 0 Å². The zero-order valence-corrected chi connectivity index (χ0v) is 7.39. The Bertz CT molecular complexity index is 215. The summed E-state index contributed by atoms with van der Waals surface area (Å²) in [5, 5.41) is 11.0. The monoisotopic (exact) mass is 191 g/mol. The molecule has 0 spiro atoms. The Kier molecular flexibility index (Phi) is 4.36. The average Bonchev–Trinajstić information content (AvgIpc) is 1.98. The minimum atomic E-state index is -1.16. The lowest BCUT2D eigenvalue weighted by Gasteiger charge is -2.06. The average molecular weight is 192 g/mol. The topological polar surface area (TPSA) is 66.4 Å². The highest BCUT2D eigenvalue weighted by Gasteiger charge is 2.19. The van der Waals surface area contributed by atoms with E-state index in [4.69, 9.17) is 16.7 Å². The van der Waals surface area contributed by atoms with Crippen molar-refractivity contribution in [2.75, 3.05) is 6.54 Å². The van der Waals surface area contributed by atoms with E-state index in [1.807, 2.05) is 0 Å². The number of carbonyl (C=O) groups is 2. The van der Waals surface area contributed by atoms with Crippen molar-refractivity contribution in [3.63, 3.8) is 0 Å². The number of nitrogens with one attached hydrogen (secondary N) is 1. The molecule has 0 aliphatic heterocycles. The third-order valence-electron chi connectivity index (χ3n) is 1.22. The molecule has 0 aromatic rings. The molecule has 0 aliphatic carbocycles. The van der Waals surface area contributed by atoms with E-state index in [1.165, 1.54) is 6.92 Å². The molecule has 0 heterocycles. The molecule has 0 radical (unpaired) electrons. The van der Waals surface area contributed by atoms with Crippen molar-refractivity contribution in [2.24, 2.45) is 5.92 Å². The molecule has 0 aromatic carbocycles. The van der Waals surface area contributed by atoms with Gasteiger partial charge in [-0.25, -0.2) is 0 Å². The number of hydrogen-bond donors (Lipinski definition) is 2. The Morgan fingerprint density at radius 2 is 2.17 bits per heavy atom. The van der Waals surface area contributed by atoms with E-state index in [0.717, 1.165) is 0 Å². The molecule has 0 saturated heterocycles. The molecule has 0 fully saturated rings. The molecule has 1 atom stereocenters. The lowest BCUT2D eigenvalue weighted by molar-refractivity contribution is -0.146. The fraction of sp³-hybridized carbons (Fsp3) is 0.429. The van der Waals surface area contributed by atoms with Crippen molar-refractivity contribution in [2.45, 2.75) is 6.92 Å². The fourth-order valence-corrected chi connectivity index (χ4v) is 0.515. The maximum atomic E-state index is 10.9. The van der Waals surface area contributed by atoms with E-state index >= 15 is 0 Å². The van der Waals surface area contributed by atoms with Crippen molar-refractivity contribution in [1.29, 1.82) is 0 Å². The number of halogens is 1. The van der Waals surface area contributed by atoms with Gasteiger partial charge in [-0.15, -0.1) is 0 Å². The Hall–Kier alpha value is -1.03. The smallest absolute Gasteiger partial charge is 0.315 e. The fourth-order valence-electron chi connectivity index (χ4n) is 0.448. The Labute approximate surface area is 75.2 Å². The van der Waals surface area contributed by atoms with Gasteiger partial charge in [0.25, 0.3) is 0 Å². The van der Waals surface area contributed by atoms with Crippen molar-refractivity contribution in [3.05, 3.63) is 11.6 Å². The first-order valence-corrected chi connectivity index (χ1v) is 3.66. The van der Waals surface area contributed by atoms with Crippen LogP contribution in [-0.2, 0) is 9.59 Å². The number of rotatable bonds is 4. The van der Waals surface area contributed by atoms with Crippen LogP contribution in [0.1, 0.15) is 6.92 Å². The van der Waals surface area contributed by atoms with Gasteiger partial charge in [-0.1, -0.05) is 18.2 Å². The van der Waals surface area contributed by atoms with E-state index in [-0.39, 0.29) is 11.6 Å². The molecule has 1 unspecified atom stereocenters. The normalized spacial score (nSPS) is 11.8. The number of carbonyl (C=O) groups excluding carboxylic acids is 1. The van der Waals surface area contributed by atoms with E-state index in [9.17, 15) is 9.59 Å². The lowest BCUT2D eigenvalue weighted by Crippen LogP contribution is -2.34. The number of carboxylic acid groups (broad SMARTS) is 1. The van der Waals surface area contributed by atoms with E-state index < -0.39 is 17.8 Å². The molecule has 68 valence electrons. The summed E-state index contributed by atoms with van der Waals surface area (Å²) in [6, 6.07) is 0. The maximum absolute atomic E-state index is 10.9. The first kappa shape index (κ1) is 11.0. The second kappa shape index (κ2) is 4.77. The molecule has 0 aromatic heterocycles. The van der Waals surface area contributed by atoms with Gasteiger partial charge in [-0.3, -0.25) is 9.59 Å². The second-order valence-corrected chi connectivity index (χ2v) is 2.83. The van der Waals surface area contributed by atoms with Crippen LogP contribution >= 0.6 is 11.6 Å². The SMILES string of the molecule is C=C(Cl)CNC(=O)C(C)C(=O)O. The molecule has 0 saturated carbocycles. The van der Waals surface area contributed by atoms with Crippen molar-refractivity contribution < 1.29 is 14.7 Å². The summed E-state index contributed by atoms with van der Waals surface area (Å²) in [7, 11) is 0. The minimum Gasteiger partial charge on any atom is -0.481 e. The predicted molar refractivity (Wildman–Crippen MR) is 44.8 cm³/mol. The van der Waals surface area contributed by atoms with Gasteiger partial charge in [-0.2, -0.15) is 0 Å². The molecule has 4 nitrogen and oxygen atoms in total. The Morgan fingerprint density at radius 1 is 1.67 bits per heavy atom. The number of carboxylic acids is 1. The third-order valence-corrected chi connectivity index (χ3v) is 1.35. The van der Waals surface area contributed by atoms with Crippen LogP contribution in [0.4, 0.5) is 0 Å². The highest BCUT2D eigenvalue weighted by molar-refractivity contribution is 6.29. The molecule has 0 rings (SSSR count). The largest absolute Gasteiger partial charge is 0.481 e. The second-order valence-electron chi connectivity index (χ2n) is 2.29. The first-order chi connectivity index (χ1) is 5.45. The molecule has 12 heavy (non-hydrogen) atoms. The van der Waals surface area contributed by atoms with Crippen LogP contribution in [0, 0.1) is 5.92 Å². The highest BCUT2D eigenvalue weighted by atomic mass is 35.5. The summed E-state index contributed by atoms with van der Waals surface area (Å²) in [4.78, 5) is 21.2. The summed E-state index contributed by atoms with van der Waals surface area (Å²) in [6.45, 7) is 4.73. The molecule has 2 N–H and O–H groups in total. The zero-order chi connectivity index (χ0) is 9.72.